The molecule has 2 aliphatic heterocycles. The average molecular weight is 1440 g/mol. The number of hydrogen-bond acceptors (Lipinski definition) is 21. The third kappa shape index (κ3) is 28.4. The molecule has 0 bridgehead atoms. The molecule has 4 N–H and O–H groups in total. The largest absolute Gasteiger partial charge is 0.493 e. The van der Waals surface area contributed by atoms with Gasteiger partial charge in [-0.1, -0.05) is 58.0 Å². The Morgan fingerprint density at radius 3 is 1.74 bits per heavy atom. The van der Waals surface area contributed by atoms with Gasteiger partial charge in [0.2, 0.25) is 30.4 Å². The summed E-state index contributed by atoms with van der Waals surface area (Å²) in [4.78, 5) is 84.5. The summed E-state index contributed by atoms with van der Waals surface area (Å²) in [5.74, 6) is 1.09. The fourth-order valence-corrected chi connectivity index (χ4v) is 10.6. The molecule has 4 aromatic carbocycles. The molecule has 0 aliphatic carbocycles. The van der Waals surface area contributed by atoms with Crippen LogP contribution in [-0.2, 0) is 57.1 Å². The highest BCUT2D eigenvalue weighted by atomic mass is 16.7. The van der Waals surface area contributed by atoms with E-state index in [0.29, 0.717) is 176 Å². The number of rotatable bonds is 51. The van der Waals surface area contributed by atoms with Crippen molar-refractivity contribution < 1.29 is 95.1 Å². The molecule has 0 saturated carbocycles. The molecule has 26 nitrogen and oxygen atoms in total. The number of benzene rings is 4. The fourth-order valence-electron chi connectivity index (χ4n) is 10.6. The monoisotopic (exact) mass is 1430 g/mol. The summed E-state index contributed by atoms with van der Waals surface area (Å²) in [6.45, 7) is 25.9. The average Bonchev–Trinajstić information content (AvgIpc) is 1.73. The number of carbonyl (C=O) groups excluding carboxylic acids is 6. The molecule has 0 aromatic heterocycles. The zero-order valence-corrected chi connectivity index (χ0v) is 61.5. The number of fused-ring (bicyclic) bond motifs is 1. The maximum absolute atomic E-state index is 14.4. The molecule has 0 saturated heterocycles. The van der Waals surface area contributed by atoms with Gasteiger partial charge in [-0.2, -0.15) is 0 Å². The molecule has 103 heavy (non-hydrogen) atoms. The molecule has 5 amide bonds. The SMILES string of the molecule is C=CC1CC(c2ccc(NC(=O)C(C)NC(=O)C(NC(=O)CCOCCOCCOCCOCCOCCOCCOCCOCCNC(=O)CC)C(C)C)cc2)=CN1C(=O)c1cc(OC)c(OCCCOc2cc(N=CC(C)C/C(=C\C)c3ccc4c(c3)OCO4)c(C(C)=O)cc2OC)cc1C. The number of nitrogens with one attached hydrogen (secondary N) is 4. The Labute approximate surface area is 605 Å². The van der Waals surface area contributed by atoms with Gasteiger partial charge in [-0.15, -0.1) is 6.58 Å². The number of hydrogen-bond donors (Lipinski definition) is 4. The molecule has 2 heterocycles. The van der Waals surface area contributed by atoms with Crippen LogP contribution in [0.3, 0.4) is 0 Å². The van der Waals surface area contributed by atoms with Crippen LogP contribution < -0.4 is 49.7 Å². The molecule has 4 unspecified atom stereocenters. The summed E-state index contributed by atoms with van der Waals surface area (Å²) in [7, 11) is 3.03. The van der Waals surface area contributed by atoms with E-state index < -0.39 is 23.9 Å². The summed E-state index contributed by atoms with van der Waals surface area (Å²) >= 11 is 0. The Bertz CT molecular complexity index is 3450. The van der Waals surface area contributed by atoms with Gasteiger partial charge in [0.05, 0.1) is 145 Å². The predicted molar refractivity (Wildman–Crippen MR) is 391 cm³/mol. The van der Waals surface area contributed by atoms with Crippen molar-refractivity contribution in [1.82, 2.24) is 20.9 Å². The standard InChI is InChI=1S/C77H106N6O20/c1-12-57(59-18-21-66-70(45-59)103-51-102-66)42-53(6)49-79-65-48-71(68(91-11)47-64(65)56(9)84)101-25-15-24-100-69-43-54(7)63(46-67(69)90-10)77(89)83-50-60(44-62(83)13-2)58-16-19-61(20-17-58)81-75(87)55(8)80-76(88)74(52(4)5)82-73(86)22-26-92-28-30-94-32-34-96-36-38-98-40-41-99-39-37-97-35-33-95-31-29-93-27-23-78-72(85)14-3/h12-13,16-21,43,45-50,52-53,55,62,74H,2,14-15,22-42,44,51H2,1,3-11H3,(H,78,85)(H,80,88)(H,81,87)(H,82,86)/b57-12+,79-49?. The lowest BCUT2D eigenvalue weighted by atomic mass is 9.95. The quantitative estimate of drug-likeness (QED) is 0.0138. The summed E-state index contributed by atoms with van der Waals surface area (Å²) in [6.07, 6.45) is 9.60. The van der Waals surface area contributed by atoms with Crippen molar-refractivity contribution in [3.05, 3.63) is 119 Å². The Hall–Kier alpha value is -8.73. The van der Waals surface area contributed by atoms with E-state index in [1.165, 1.54) is 21.1 Å². The maximum atomic E-state index is 14.4. The first kappa shape index (κ1) is 83.2. The van der Waals surface area contributed by atoms with Crippen LogP contribution in [0.5, 0.6) is 34.5 Å². The van der Waals surface area contributed by atoms with Crippen LogP contribution in [-0.4, -0.2) is 211 Å². The third-order valence-corrected chi connectivity index (χ3v) is 16.4. The molecule has 6 rings (SSSR count). The Balaban J connectivity index is 0.844. The van der Waals surface area contributed by atoms with Crippen molar-refractivity contribution in [2.45, 2.75) is 106 Å². The van der Waals surface area contributed by atoms with Crippen molar-refractivity contribution in [2.75, 3.05) is 152 Å². The summed E-state index contributed by atoms with van der Waals surface area (Å²) in [5, 5.41) is 11.1. The molecule has 4 atom stereocenters. The minimum Gasteiger partial charge on any atom is -0.493 e. The lowest BCUT2D eigenvalue weighted by Crippen LogP contribution is -2.53. The number of aryl methyl sites for hydroxylation is 1. The van der Waals surface area contributed by atoms with Crippen LogP contribution in [0.25, 0.3) is 11.1 Å². The van der Waals surface area contributed by atoms with Gasteiger partial charge in [-0.3, -0.25) is 33.8 Å². The topological polar surface area (TPSA) is 295 Å². The highest BCUT2D eigenvalue weighted by molar-refractivity contribution is 6.01. The van der Waals surface area contributed by atoms with Gasteiger partial charge < -0.3 is 92.5 Å². The molecule has 4 aromatic rings. The number of amides is 5. The number of Topliss-reactive ketones (excluding diaryl/α,β-unsaturated/α-hetero) is 1. The molecule has 0 radical (unpaired) electrons. The first-order valence-electron chi connectivity index (χ1n) is 35.2. The summed E-state index contributed by atoms with van der Waals surface area (Å²) in [5.41, 5.74) is 6.33. The normalized spacial score (nSPS) is 14.2. The second-order valence-electron chi connectivity index (χ2n) is 24.6. The van der Waals surface area contributed by atoms with Crippen molar-refractivity contribution in [2.24, 2.45) is 16.8 Å². The van der Waals surface area contributed by atoms with Gasteiger partial charge in [0.25, 0.3) is 5.91 Å². The first-order chi connectivity index (χ1) is 49.9. The number of methoxy groups -OCH3 is 2. The molecule has 0 fully saturated rings. The van der Waals surface area contributed by atoms with E-state index >= 15 is 0 Å². The van der Waals surface area contributed by atoms with E-state index in [9.17, 15) is 28.8 Å². The zero-order chi connectivity index (χ0) is 74.3. The summed E-state index contributed by atoms with van der Waals surface area (Å²) < 4.78 is 78.9. The minimum atomic E-state index is -0.941. The van der Waals surface area contributed by atoms with E-state index in [2.05, 4.69) is 40.8 Å². The van der Waals surface area contributed by atoms with E-state index in [1.807, 2.05) is 56.6 Å². The van der Waals surface area contributed by atoms with Crippen LogP contribution in [0, 0.1) is 18.8 Å². The van der Waals surface area contributed by atoms with Crippen LogP contribution in [0.1, 0.15) is 118 Å². The van der Waals surface area contributed by atoms with E-state index in [0.717, 1.165) is 33.8 Å². The first-order valence-corrected chi connectivity index (χ1v) is 35.2. The maximum Gasteiger partial charge on any atom is 0.258 e. The molecular formula is C77H106N6O20. The van der Waals surface area contributed by atoms with Gasteiger partial charge in [0.15, 0.2) is 40.3 Å². The second kappa shape index (κ2) is 46.1. The number of aliphatic imine (C=N–C) groups is 1. The van der Waals surface area contributed by atoms with E-state index in [4.69, 9.17) is 71.3 Å². The fraction of sp³-hybridized carbons (Fsp3) is 0.519. The van der Waals surface area contributed by atoms with Gasteiger partial charge >= 0.3 is 0 Å². The van der Waals surface area contributed by atoms with Crippen molar-refractivity contribution in [3.63, 3.8) is 0 Å². The molecule has 26 heteroatoms. The lowest BCUT2D eigenvalue weighted by molar-refractivity contribution is -0.132. The number of anilines is 1. The molecule has 564 valence electrons. The Kier molecular flexibility index (Phi) is 37.2. The Morgan fingerprint density at radius 2 is 1.19 bits per heavy atom. The molecular weight excluding hydrogens is 1330 g/mol. The van der Waals surface area contributed by atoms with Gasteiger partial charge in [-0.05, 0) is 123 Å². The van der Waals surface area contributed by atoms with Gasteiger partial charge in [0.1, 0.15) is 12.1 Å². The smallest absolute Gasteiger partial charge is 0.258 e. The van der Waals surface area contributed by atoms with Crippen LogP contribution in [0.15, 0.2) is 96.7 Å². The zero-order valence-electron chi connectivity index (χ0n) is 61.5. The highest BCUT2D eigenvalue weighted by Crippen LogP contribution is 2.39. The number of ketones is 1. The van der Waals surface area contributed by atoms with Crippen LogP contribution in [0.2, 0.25) is 0 Å². The lowest BCUT2D eigenvalue weighted by Gasteiger charge is -2.24. The number of nitrogens with zero attached hydrogens (tertiary/aromatic N) is 2. The molecule has 0 spiro atoms. The number of allylic oxidation sites excluding steroid dienone is 2. The van der Waals surface area contributed by atoms with Crippen molar-refractivity contribution in [3.8, 4) is 34.5 Å². The molecule has 2 aliphatic rings. The Morgan fingerprint density at radius 1 is 0.641 bits per heavy atom. The van der Waals surface area contributed by atoms with Crippen LogP contribution in [0.4, 0.5) is 11.4 Å². The van der Waals surface area contributed by atoms with E-state index in [-0.39, 0.29) is 81.0 Å². The van der Waals surface area contributed by atoms with Crippen molar-refractivity contribution in [1.29, 1.82) is 0 Å². The van der Waals surface area contributed by atoms with Crippen LogP contribution >= 0.6 is 0 Å². The van der Waals surface area contributed by atoms with E-state index in [1.54, 1.807) is 75.1 Å². The van der Waals surface area contributed by atoms with Gasteiger partial charge in [-0.25, -0.2) is 0 Å². The number of ether oxygens (including phenoxy) is 14. The predicted octanol–water partition coefficient (Wildman–Crippen LogP) is 9.70. The summed E-state index contributed by atoms with van der Waals surface area (Å²) in [6, 6.07) is 17.7. The minimum absolute atomic E-state index is 0.00446. The van der Waals surface area contributed by atoms with Crippen molar-refractivity contribution >= 4 is 64.1 Å². The third-order valence-electron chi connectivity index (χ3n) is 16.4. The van der Waals surface area contributed by atoms with Gasteiger partial charge in [0, 0.05) is 61.1 Å². The highest BCUT2D eigenvalue weighted by Gasteiger charge is 2.31. The second-order valence-corrected chi connectivity index (χ2v) is 24.6. The number of carbonyl (C=O) groups is 6.